The molecule has 226 valence electrons. The Bertz CT molecular complexity index is 1110. The number of benzene rings is 1. The second kappa shape index (κ2) is 18.5. The second-order valence-electron chi connectivity index (χ2n) is 9.77. The largest absolute Gasteiger partial charge is 0.491 e. The summed E-state index contributed by atoms with van der Waals surface area (Å²) in [6.45, 7) is 3.11. The van der Waals surface area contributed by atoms with Crippen LogP contribution >= 0.6 is 46.3 Å². The third-order valence-corrected chi connectivity index (χ3v) is 8.98. The van der Waals surface area contributed by atoms with Crippen molar-refractivity contribution in [2.24, 2.45) is 0 Å². The normalized spacial score (nSPS) is 14.9. The zero-order valence-electron chi connectivity index (χ0n) is 23.4. The number of hydrogen-bond acceptors (Lipinski definition) is 9. The molecule has 1 saturated heterocycles. The average Bonchev–Trinajstić information content (AvgIpc) is 3.55. The molecule has 0 bridgehead atoms. The van der Waals surface area contributed by atoms with E-state index in [0.29, 0.717) is 51.9 Å². The van der Waals surface area contributed by atoms with Gasteiger partial charge in [-0.1, -0.05) is 80.4 Å². The Labute approximate surface area is 260 Å². The summed E-state index contributed by atoms with van der Waals surface area (Å²) >= 11 is 14.9. The summed E-state index contributed by atoms with van der Waals surface area (Å²) in [7, 11) is 0. The van der Waals surface area contributed by atoms with Crippen molar-refractivity contribution in [3.05, 3.63) is 39.3 Å². The SMILES string of the molecule is CCCCCCCCCC(=O)OCCOC(=O)c1csc(SCCN2C(=O)CC[C@@H]2COc2cc(Cl)cc(Cl)c2)n1. The second-order valence-corrected chi connectivity index (χ2v) is 12.8. The summed E-state index contributed by atoms with van der Waals surface area (Å²) in [5.74, 6) is 0.474. The zero-order valence-corrected chi connectivity index (χ0v) is 26.6. The molecule has 1 fully saturated rings. The van der Waals surface area contributed by atoms with Gasteiger partial charge in [0, 0.05) is 40.6 Å². The van der Waals surface area contributed by atoms with E-state index in [4.69, 9.17) is 37.4 Å². The quantitative estimate of drug-likeness (QED) is 0.0884. The monoisotopic (exact) mass is 644 g/mol. The smallest absolute Gasteiger partial charge is 0.357 e. The number of ether oxygens (including phenoxy) is 3. The van der Waals surface area contributed by atoms with Crippen molar-refractivity contribution >= 4 is 64.1 Å². The minimum absolute atomic E-state index is 0.0104. The van der Waals surface area contributed by atoms with Crippen molar-refractivity contribution in [1.82, 2.24) is 9.88 Å². The summed E-state index contributed by atoms with van der Waals surface area (Å²) < 4.78 is 16.9. The molecule has 1 aliphatic rings. The number of thiazole rings is 1. The number of halogens is 2. The number of rotatable bonds is 19. The maximum atomic E-state index is 12.4. The highest BCUT2D eigenvalue weighted by Gasteiger charge is 2.31. The van der Waals surface area contributed by atoms with Crippen LogP contribution in [0.15, 0.2) is 27.9 Å². The van der Waals surface area contributed by atoms with Gasteiger partial charge in [-0.15, -0.1) is 11.3 Å². The van der Waals surface area contributed by atoms with Crippen molar-refractivity contribution < 1.29 is 28.6 Å². The van der Waals surface area contributed by atoms with E-state index in [1.165, 1.54) is 48.8 Å². The van der Waals surface area contributed by atoms with E-state index >= 15 is 0 Å². The number of aromatic nitrogens is 1. The molecule has 0 radical (unpaired) electrons. The Kier molecular flexibility index (Phi) is 15.1. The van der Waals surface area contributed by atoms with Crippen LogP contribution in [0.1, 0.15) is 81.6 Å². The van der Waals surface area contributed by atoms with E-state index in [1.807, 2.05) is 4.90 Å². The summed E-state index contributed by atoms with van der Waals surface area (Å²) in [5, 5.41) is 2.63. The first-order valence-corrected chi connectivity index (χ1v) is 16.8. The molecule has 2 heterocycles. The standard InChI is InChI=1S/C29H38Cl2N2O6S2/c1-2-3-4-5-6-7-8-9-27(35)37-13-14-38-28(36)25-20-41-29(32-25)40-15-12-33-23(10-11-26(33)34)19-39-24-17-21(30)16-22(31)18-24/h16-18,20,23H,2-15,19H2,1H3/t23-/m1/s1. The lowest BCUT2D eigenvalue weighted by Crippen LogP contribution is -2.38. The van der Waals surface area contributed by atoms with Gasteiger partial charge in [-0.3, -0.25) is 9.59 Å². The number of unbranched alkanes of at least 4 members (excludes halogenated alkanes) is 6. The van der Waals surface area contributed by atoms with Gasteiger partial charge in [0.05, 0.1) is 6.04 Å². The fourth-order valence-electron chi connectivity index (χ4n) is 4.39. The van der Waals surface area contributed by atoms with Crippen LogP contribution in [0.3, 0.4) is 0 Å². The van der Waals surface area contributed by atoms with Crippen molar-refractivity contribution in [2.75, 3.05) is 32.1 Å². The molecule has 0 unspecified atom stereocenters. The first-order valence-electron chi connectivity index (χ1n) is 14.1. The molecule has 2 aromatic rings. The molecule has 1 atom stereocenters. The van der Waals surface area contributed by atoms with Gasteiger partial charge in [0.2, 0.25) is 5.91 Å². The van der Waals surface area contributed by atoms with Crippen molar-refractivity contribution in [2.45, 2.75) is 81.5 Å². The van der Waals surface area contributed by atoms with Gasteiger partial charge >= 0.3 is 11.9 Å². The molecule has 3 rings (SSSR count). The topological polar surface area (TPSA) is 95.0 Å². The Hall–Kier alpha value is -2.01. The van der Waals surface area contributed by atoms with Crippen molar-refractivity contribution in [3.63, 3.8) is 0 Å². The lowest BCUT2D eigenvalue weighted by atomic mass is 10.1. The molecule has 1 aromatic carbocycles. The molecular formula is C29H38Cl2N2O6S2. The van der Waals surface area contributed by atoms with E-state index in [2.05, 4.69) is 11.9 Å². The van der Waals surface area contributed by atoms with Gasteiger partial charge in [0.15, 0.2) is 10.0 Å². The fraction of sp³-hybridized carbons (Fsp3) is 0.586. The lowest BCUT2D eigenvalue weighted by Gasteiger charge is -2.24. The van der Waals surface area contributed by atoms with Crippen LogP contribution < -0.4 is 4.74 Å². The van der Waals surface area contributed by atoms with Crippen LogP contribution in [-0.4, -0.2) is 65.9 Å². The van der Waals surface area contributed by atoms with Gasteiger partial charge in [0.1, 0.15) is 25.6 Å². The number of nitrogens with zero attached hydrogens (tertiary/aromatic N) is 2. The van der Waals surface area contributed by atoms with Gasteiger partial charge < -0.3 is 19.1 Å². The van der Waals surface area contributed by atoms with Crippen molar-refractivity contribution in [3.8, 4) is 5.75 Å². The highest BCUT2D eigenvalue weighted by atomic mass is 35.5. The Morgan fingerprint density at radius 2 is 1.76 bits per heavy atom. The van der Waals surface area contributed by atoms with E-state index in [1.54, 1.807) is 23.6 Å². The molecule has 0 N–H and O–H groups in total. The van der Waals surface area contributed by atoms with Crippen LogP contribution in [0.4, 0.5) is 0 Å². The number of carbonyl (C=O) groups excluding carboxylic acids is 3. The molecule has 1 aromatic heterocycles. The van der Waals surface area contributed by atoms with Crippen LogP contribution in [0.25, 0.3) is 0 Å². The predicted octanol–water partition coefficient (Wildman–Crippen LogP) is 7.45. The fourth-order valence-corrected chi connectivity index (χ4v) is 6.70. The number of amides is 1. The maximum absolute atomic E-state index is 12.4. The number of likely N-dealkylation sites (tertiary alicyclic amines) is 1. The number of esters is 2. The number of carbonyl (C=O) groups is 3. The molecule has 0 saturated carbocycles. The number of hydrogen-bond donors (Lipinski definition) is 0. The van der Waals surface area contributed by atoms with E-state index in [9.17, 15) is 14.4 Å². The molecule has 12 heteroatoms. The Morgan fingerprint density at radius 3 is 2.51 bits per heavy atom. The third kappa shape index (κ3) is 12.4. The molecule has 41 heavy (non-hydrogen) atoms. The van der Waals surface area contributed by atoms with Gasteiger partial charge in [-0.05, 0) is 31.0 Å². The van der Waals surface area contributed by atoms with E-state index in [-0.39, 0.29) is 36.8 Å². The molecule has 0 aliphatic carbocycles. The van der Waals surface area contributed by atoms with Gasteiger partial charge in [-0.2, -0.15) is 0 Å². The Balaban J connectivity index is 1.29. The summed E-state index contributed by atoms with van der Waals surface area (Å²) in [6.07, 6.45) is 9.55. The summed E-state index contributed by atoms with van der Waals surface area (Å²) in [4.78, 5) is 42.8. The van der Waals surface area contributed by atoms with Crippen LogP contribution in [0, 0.1) is 0 Å². The van der Waals surface area contributed by atoms with Gasteiger partial charge in [-0.25, -0.2) is 9.78 Å². The zero-order chi connectivity index (χ0) is 29.5. The summed E-state index contributed by atoms with van der Waals surface area (Å²) in [6, 6.07) is 4.99. The van der Waals surface area contributed by atoms with Crippen molar-refractivity contribution in [1.29, 1.82) is 0 Å². The highest BCUT2D eigenvalue weighted by molar-refractivity contribution is 8.01. The van der Waals surface area contributed by atoms with E-state index < -0.39 is 5.97 Å². The minimum Gasteiger partial charge on any atom is -0.491 e. The average molecular weight is 646 g/mol. The molecule has 1 amide bonds. The van der Waals surface area contributed by atoms with Crippen LogP contribution in [-0.2, 0) is 19.1 Å². The maximum Gasteiger partial charge on any atom is 0.357 e. The highest BCUT2D eigenvalue weighted by Crippen LogP contribution is 2.27. The first kappa shape index (κ1) is 33.5. The summed E-state index contributed by atoms with van der Waals surface area (Å²) in [5.41, 5.74) is 0.218. The first-order chi connectivity index (χ1) is 19.9. The van der Waals surface area contributed by atoms with Crippen LogP contribution in [0.5, 0.6) is 5.75 Å². The third-order valence-electron chi connectivity index (χ3n) is 6.54. The molecule has 0 spiro atoms. The van der Waals surface area contributed by atoms with E-state index in [0.717, 1.165) is 25.7 Å². The van der Waals surface area contributed by atoms with Crippen LogP contribution in [0.2, 0.25) is 10.0 Å². The molecule has 1 aliphatic heterocycles. The number of thioether (sulfide) groups is 1. The lowest BCUT2D eigenvalue weighted by molar-refractivity contribution is -0.144. The Morgan fingerprint density at radius 1 is 1.05 bits per heavy atom. The molecular weight excluding hydrogens is 607 g/mol. The van der Waals surface area contributed by atoms with Gasteiger partial charge in [0.25, 0.3) is 0 Å². The minimum atomic E-state index is -0.552. The molecule has 8 nitrogen and oxygen atoms in total. The predicted molar refractivity (Wildman–Crippen MR) is 163 cm³/mol.